The summed E-state index contributed by atoms with van der Waals surface area (Å²) in [5.41, 5.74) is -7.42. The van der Waals surface area contributed by atoms with Gasteiger partial charge in [0, 0.05) is 24.3 Å². The second-order valence-corrected chi connectivity index (χ2v) is 7.88. The van der Waals surface area contributed by atoms with Gasteiger partial charge in [0.1, 0.15) is 5.69 Å². The number of aromatic carboxylic acids is 1. The van der Waals surface area contributed by atoms with E-state index in [-0.39, 0.29) is 17.3 Å². The number of carboxylic acids is 1. The van der Waals surface area contributed by atoms with Crippen molar-refractivity contribution in [1.29, 1.82) is 0 Å². The highest BCUT2D eigenvalue weighted by Crippen LogP contribution is 2.42. The molecule has 0 spiro atoms. The fourth-order valence-electron chi connectivity index (χ4n) is 3.67. The summed E-state index contributed by atoms with van der Waals surface area (Å²) in [7, 11) is 0. The van der Waals surface area contributed by atoms with Gasteiger partial charge in [-0.05, 0) is 29.3 Å². The smallest absolute Gasteiger partial charge is 0.419 e. The predicted molar refractivity (Wildman–Crippen MR) is 111 cm³/mol. The fraction of sp³-hybridized carbons (Fsp3) is 0.261. The number of hydrogen-bond acceptors (Lipinski definition) is 3. The summed E-state index contributed by atoms with van der Waals surface area (Å²) in [4.78, 5) is 13.6. The van der Waals surface area contributed by atoms with Gasteiger partial charge in [-0.1, -0.05) is 30.3 Å². The standard InChI is InChI=1S/C23H17F9N2O3/c24-21(25,26)13-6-12(7-14(8-13)22(27,28)29)16(35)10-33-9-15-17(11-4-2-1-3-5-11)18(23(30,31)32)19(34-15)20(36)37/h1-8,16,33-35H,9-10H2,(H,36,37). The lowest BCUT2D eigenvalue weighted by atomic mass is 9.99. The normalized spacial score (nSPS) is 13.6. The molecule has 3 aromatic rings. The maximum Gasteiger partial charge on any atom is 0.419 e. The van der Waals surface area contributed by atoms with Crippen molar-refractivity contribution >= 4 is 5.97 Å². The van der Waals surface area contributed by atoms with Crippen LogP contribution in [-0.2, 0) is 25.1 Å². The fourth-order valence-corrected chi connectivity index (χ4v) is 3.67. The SMILES string of the molecule is O=C(O)c1[nH]c(CNCC(O)c2cc(C(F)(F)F)cc(C(F)(F)F)c2)c(-c2ccccc2)c1C(F)(F)F. The number of alkyl halides is 9. The molecule has 0 saturated carbocycles. The van der Waals surface area contributed by atoms with Crippen LogP contribution >= 0.6 is 0 Å². The second kappa shape index (κ2) is 10.1. The third-order valence-electron chi connectivity index (χ3n) is 5.27. The highest BCUT2D eigenvalue weighted by Gasteiger charge is 2.42. The molecule has 1 heterocycles. The molecule has 37 heavy (non-hydrogen) atoms. The summed E-state index contributed by atoms with van der Waals surface area (Å²) in [6, 6.07) is 7.48. The van der Waals surface area contributed by atoms with Gasteiger partial charge in [0.05, 0.1) is 22.8 Å². The number of aromatic amines is 1. The third kappa shape index (κ3) is 6.43. The van der Waals surface area contributed by atoms with E-state index in [1.54, 1.807) is 0 Å². The second-order valence-electron chi connectivity index (χ2n) is 7.88. The Labute approximate surface area is 202 Å². The van der Waals surface area contributed by atoms with Crippen molar-refractivity contribution in [1.82, 2.24) is 10.3 Å². The Bertz CT molecular complexity index is 1230. The number of H-pyrrole nitrogens is 1. The Morgan fingerprint density at radius 3 is 1.86 bits per heavy atom. The first-order valence-electron chi connectivity index (χ1n) is 10.3. The molecule has 0 aliphatic rings. The number of rotatable bonds is 7. The Morgan fingerprint density at radius 1 is 0.865 bits per heavy atom. The van der Waals surface area contributed by atoms with Crippen LogP contribution in [0.5, 0.6) is 0 Å². The van der Waals surface area contributed by atoms with Gasteiger partial charge in [0.15, 0.2) is 0 Å². The number of aromatic nitrogens is 1. The zero-order chi connectivity index (χ0) is 27.8. The van der Waals surface area contributed by atoms with Crippen LogP contribution in [0.25, 0.3) is 11.1 Å². The Balaban J connectivity index is 1.93. The predicted octanol–water partition coefficient (Wildman–Crippen LogP) is 6.26. The van der Waals surface area contributed by atoms with E-state index in [0.29, 0.717) is 12.1 Å². The first kappa shape index (κ1) is 28.1. The van der Waals surface area contributed by atoms with Gasteiger partial charge in [0.2, 0.25) is 0 Å². The van der Waals surface area contributed by atoms with Crippen LogP contribution in [0.3, 0.4) is 0 Å². The molecule has 0 saturated heterocycles. The van der Waals surface area contributed by atoms with Crippen LogP contribution in [0.15, 0.2) is 48.5 Å². The van der Waals surface area contributed by atoms with Gasteiger partial charge in [0.25, 0.3) is 0 Å². The molecule has 1 unspecified atom stereocenters. The molecular weight excluding hydrogens is 523 g/mol. The van der Waals surface area contributed by atoms with E-state index in [1.807, 2.05) is 0 Å². The van der Waals surface area contributed by atoms with Crippen molar-refractivity contribution in [2.75, 3.05) is 6.54 Å². The summed E-state index contributed by atoms with van der Waals surface area (Å²) in [5.74, 6) is -1.90. The van der Waals surface area contributed by atoms with Crippen LogP contribution in [0.2, 0.25) is 0 Å². The summed E-state index contributed by atoms with van der Waals surface area (Å²) < 4.78 is 120. The van der Waals surface area contributed by atoms with Crippen LogP contribution in [0.1, 0.15) is 44.5 Å². The average Bonchev–Trinajstić information content (AvgIpc) is 3.18. The highest BCUT2D eigenvalue weighted by atomic mass is 19.4. The van der Waals surface area contributed by atoms with Crippen molar-refractivity contribution in [3.8, 4) is 11.1 Å². The molecule has 0 fully saturated rings. The molecule has 1 atom stereocenters. The summed E-state index contributed by atoms with van der Waals surface area (Å²) in [6.07, 6.45) is -17.3. The minimum Gasteiger partial charge on any atom is -0.477 e. The van der Waals surface area contributed by atoms with Crippen molar-refractivity contribution in [3.63, 3.8) is 0 Å². The van der Waals surface area contributed by atoms with E-state index in [0.717, 1.165) is 0 Å². The van der Waals surface area contributed by atoms with Crippen molar-refractivity contribution in [3.05, 3.63) is 82.2 Å². The van der Waals surface area contributed by atoms with Crippen molar-refractivity contribution in [2.24, 2.45) is 0 Å². The van der Waals surface area contributed by atoms with Crippen LogP contribution in [0.4, 0.5) is 39.5 Å². The molecule has 0 bridgehead atoms. The lowest BCUT2D eigenvalue weighted by molar-refractivity contribution is -0.143. The molecule has 0 aliphatic heterocycles. The summed E-state index contributed by atoms with van der Waals surface area (Å²) in [5, 5.41) is 22.0. The Kier molecular flexibility index (Phi) is 7.65. The largest absolute Gasteiger partial charge is 0.477 e. The van der Waals surface area contributed by atoms with E-state index < -0.39 is 77.2 Å². The highest BCUT2D eigenvalue weighted by molar-refractivity contribution is 5.92. The average molecular weight is 540 g/mol. The number of aliphatic hydroxyl groups excluding tert-OH is 1. The molecule has 0 radical (unpaired) electrons. The van der Waals surface area contributed by atoms with E-state index in [2.05, 4.69) is 10.3 Å². The van der Waals surface area contributed by atoms with Gasteiger partial charge in [-0.2, -0.15) is 39.5 Å². The van der Waals surface area contributed by atoms with E-state index >= 15 is 0 Å². The lowest BCUT2D eigenvalue weighted by Crippen LogP contribution is -2.22. The summed E-state index contributed by atoms with van der Waals surface area (Å²) >= 11 is 0. The van der Waals surface area contributed by atoms with Crippen LogP contribution in [-0.4, -0.2) is 27.7 Å². The quantitative estimate of drug-likeness (QED) is 0.267. The maximum atomic E-state index is 13.8. The molecular formula is C23H17F9N2O3. The maximum absolute atomic E-state index is 13.8. The minimum absolute atomic E-state index is 0.00335. The number of carbonyl (C=O) groups is 1. The lowest BCUT2D eigenvalue weighted by Gasteiger charge is -2.18. The molecule has 14 heteroatoms. The molecule has 5 nitrogen and oxygen atoms in total. The van der Waals surface area contributed by atoms with Gasteiger partial charge in [-0.15, -0.1) is 0 Å². The van der Waals surface area contributed by atoms with Crippen molar-refractivity contribution in [2.45, 2.75) is 31.2 Å². The molecule has 200 valence electrons. The molecule has 4 N–H and O–H groups in total. The van der Waals surface area contributed by atoms with Crippen LogP contribution in [0, 0.1) is 0 Å². The topological polar surface area (TPSA) is 85.3 Å². The molecule has 0 amide bonds. The zero-order valence-corrected chi connectivity index (χ0v) is 18.3. The van der Waals surface area contributed by atoms with Crippen molar-refractivity contribution < 1.29 is 54.5 Å². The number of halogens is 9. The molecule has 1 aromatic heterocycles. The number of benzene rings is 2. The zero-order valence-electron chi connectivity index (χ0n) is 18.3. The van der Waals surface area contributed by atoms with Crippen LogP contribution < -0.4 is 5.32 Å². The third-order valence-corrected chi connectivity index (χ3v) is 5.27. The van der Waals surface area contributed by atoms with Gasteiger partial charge in [-0.3, -0.25) is 0 Å². The first-order chi connectivity index (χ1) is 17.0. The van der Waals surface area contributed by atoms with E-state index in [9.17, 15) is 54.5 Å². The van der Waals surface area contributed by atoms with Gasteiger partial charge < -0.3 is 20.5 Å². The van der Waals surface area contributed by atoms with Gasteiger partial charge in [-0.25, -0.2) is 4.79 Å². The van der Waals surface area contributed by atoms with Gasteiger partial charge >= 0.3 is 24.5 Å². The first-order valence-corrected chi connectivity index (χ1v) is 10.3. The van der Waals surface area contributed by atoms with E-state index in [4.69, 9.17) is 0 Å². The molecule has 2 aromatic carbocycles. The Hall–Kier alpha value is -3.52. The number of nitrogens with one attached hydrogen (secondary N) is 2. The number of carboxylic acid groups (broad SMARTS) is 1. The van der Waals surface area contributed by atoms with E-state index in [1.165, 1.54) is 30.3 Å². The summed E-state index contributed by atoms with van der Waals surface area (Å²) in [6.45, 7) is -1.21. The monoisotopic (exact) mass is 540 g/mol. The number of hydrogen-bond donors (Lipinski definition) is 4. The molecule has 3 rings (SSSR count). The minimum atomic E-state index is -5.14. The number of aliphatic hydroxyl groups is 1. The Morgan fingerprint density at radius 2 is 1.41 bits per heavy atom. The molecule has 0 aliphatic carbocycles.